The van der Waals surface area contributed by atoms with Crippen LogP contribution in [0.5, 0.6) is 0 Å². The van der Waals surface area contributed by atoms with Gasteiger partial charge >= 0.3 is 5.56 Å². The number of rotatable bonds is 2. The van der Waals surface area contributed by atoms with Gasteiger partial charge in [-0.2, -0.15) is 10.1 Å². The van der Waals surface area contributed by atoms with Crippen molar-refractivity contribution in [2.45, 2.75) is 6.92 Å². The number of nitrogens with two attached hydrogens (primary N) is 1. The molecule has 0 aliphatic rings. The fourth-order valence-corrected chi connectivity index (χ4v) is 1.39. The quantitative estimate of drug-likeness (QED) is 0.788. The minimum atomic E-state index is -0.885. The molecule has 0 fully saturated rings. The zero-order chi connectivity index (χ0) is 12.4. The van der Waals surface area contributed by atoms with Gasteiger partial charge in [-0.15, -0.1) is 0 Å². The normalized spacial score (nSPS) is 10.2. The zero-order valence-electron chi connectivity index (χ0n) is 9.12. The average molecular weight is 230 g/mol. The summed E-state index contributed by atoms with van der Waals surface area (Å²) in [7, 11) is 0. The van der Waals surface area contributed by atoms with Crippen molar-refractivity contribution in [3.63, 3.8) is 0 Å². The van der Waals surface area contributed by atoms with Crippen molar-refractivity contribution in [3.05, 3.63) is 52.2 Å². The van der Waals surface area contributed by atoms with Crippen LogP contribution < -0.4 is 11.3 Å². The molecule has 6 nitrogen and oxygen atoms in total. The molecule has 17 heavy (non-hydrogen) atoms. The van der Waals surface area contributed by atoms with Gasteiger partial charge in [0, 0.05) is 0 Å². The number of primary amides is 1. The van der Waals surface area contributed by atoms with Crippen LogP contribution in [-0.4, -0.2) is 20.7 Å². The van der Waals surface area contributed by atoms with Crippen LogP contribution in [0.25, 0.3) is 5.69 Å². The van der Waals surface area contributed by atoms with E-state index in [0.29, 0.717) is 5.69 Å². The average Bonchev–Trinajstić information content (AvgIpc) is 2.29. The van der Waals surface area contributed by atoms with E-state index in [0.717, 1.165) is 5.56 Å². The molecule has 0 aliphatic heterocycles. The van der Waals surface area contributed by atoms with Crippen molar-refractivity contribution in [1.29, 1.82) is 0 Å². The van der Waals surface area contributed by atoms with Gasteiger partial charge in [-0.05, 0) is 24.6 Å². The third kappa shape index (κ3) is 2.20. The summed E-state index contributed by atoms with van der Waals surface area (Å²) >= 11 is 0. The minimum Gasteiger partial charge on any atom is -0.364 e. The summed E-state index contributed by atoms with van der Waals surface area (Å²) in [5, 5.41) is 3.85. The monoisotopic (exact) mass is 230 g/mol. The highest BCUT2D eigenvalue weighted by Gasteiger charge is 2.10. The molecule has 2 aromatic rings. The number of amides is 1. The maximum atomic E-state index is 11.2. The van der Waals surface area contributed by atoms with Gasteiger partial charge in [0.25, 0.3) is 5.91 Å². The number of aromatic nitrogens is 3. The van der Waals surface area contributed by atoms with Crippen LogP contribution in [0.3, 0.4) is 0 Å². The number of carbonyl (C=O) groups is 1. The second kappa shape index (κ2) is 4.17. The van der Waals surface area contributed by atoms with Crippen molar-refractivity contribution in [2.24, 2.45) is 5.73 Å². The number of aryl methyl sites for hydroxylation is 1. The van der Waals surface area contributed by atoms with E-state index in [1.165, 1.54) is 11.0 Å². The molecular weight excluding hydrogens is 220 g/mol. The fraction of sp³-hybridized carbons (Fsp3) is 0.0909. The van der Waals surface area contributed by atoms with Gasteiger partial charge in [0.1, 0.15) is 6.33 Å². The van der Waals surface area contributed by atoms with Crippen molar-refractivity contribution < 1.29 is 4.79 Å². The summed E-state index contributed by atoms with van der Waals surface area (Å²) in [5.74, 6) is -0.885. The molecule has 2 rings (SSSR count). The first-order valence-electron chi connectivity index (χ1n) is 4.91. The third-order valence-corrected chi connectivity index (χ3v) is 2.19. The Bertz CT molecular complexity index is 633. The molecule has 0 spiro atoms. The summed E-state index contributed by atoms with van der Waals surface area (Å²) in [5.41, 5.74) is 5.69. The van der Waals surface area contributed by atoms with E-state index in [4.69, 9.17) is 5.73 Å². The summed E-state index contributed by atoms with van der Waals surface area (Å²) in [6.45, 7) is 1.93. The molecule has 0 aliphatic carbocycles. The van der Waals surface area contributed by atoms with E-state index in [1.807, 2.05) is 25.1 Å². The van der Waals surface area contributed by atoms with Gasteiger partial charge in [0.05, 0.1) is 5.69 Å². The van der Waals surface area contributed by atoms with Gasteiger partial charge in [-0.25, -0.2) is 4.68 Å². The van der Waals surface area contributed by atoms with Crippen LogP contribution in [0.2, 0.25) is 0 Å². The Morgan fingerprint density at radius 2 is 2.18 bits per heavy atom. The fourth-order valence-electron chi connectivity index (χ4n) is 1.39. The number of carbonyl (C=O) groups excluding carboxylic acids is 1. The minimum absolute atomic E-state index is 0.367. The first-order valence-corrected chi connectivity index (χ1v) is 4.91. The SMILES string of the molecule is Cc1cccc(-n2cnc(=O)c(C(N)=O)n2)c1. The molecule has 0 atom stereocenters. The first-order chi connectivity index (χ1) is 8.08. The summed E-state index contributed by atoms with van der Waals surface area (Å²) < 4.78 is 1.34. The molecule has 1 aromatic heterocycles. The molecule has 0 radical (unpaired) electrons. The van der Waals surface area contributed by atoms with Crippen LogP contribution in [0, 0.1) is 6.92 Å². The van der Waals surface area contributed by atoms with Crippen LogP contribution in [-0.2, 0) is 0 Å². The Hall–Kier alpha value is -2.50. The molecule has 0 saturated carbocycles. The lowest BCUT2D eigenvalue weighted by Gasteiger charge is -2.05. The molecule has 0 unspecified atom stereocenters. The second-order valence-corrected chi connectivity index (χ2v) is 3.55. The van der Waals surface area contributed by atoms with Gasteiger partial charge in [-0.3, -0.25) is 9.59 Å². The maximum absolute atomic E-state index is 11.2. The highest BCUT2D eigenvalue weighted by Crippen LogP contribution is 2.07. The topological polar surface area (TPSA) is 90.9 Å². The smallest absolute Gasteiger partial charge is 0.304 e. The van der Waals surface area contributed by atoms with Crippen molar-refractivity contribution >= 4 is 5.91 Å². The maximum Gasteiger partial charge on any atom is 0.304 e. The Morgan fingerprint density at radius 3 is 2.82 bits per heavy atom. The van der Waals surface area contributed by atoms with Crippen LogP contribution in [0.4, 0.5) is 0 Å². The highest BCUT2D eigenvalue weighted by molar-refractivity contribution is 5.90. The second-order valence-electron chi connectivity index (χ2n) is 3.55. The summed E-state index contributed by atoms with van der Waals surface area (Å²) in [4.78, 5) is 25.8. The van der Waals surface area contributed by atoms with Gasteiger partial charge in [0.2, 0.25) is 5.69 Å². The Morgan fingerprint density at radius 1 is 1.41 bits per heavy atom. The third-order valence-electron chi connectivity index (χ3n) is 2.19. The lowest BCUT2D eigenvalue weighted by Crippen LogP contribution is -2.28. The largest absolute Gasteiger partial charge is 0.364 e. The number of hydrogen-bond donors (Lipinski definition) is 1. The molecule has 86 valence electrons. The molecule has 1 amide bonds. The molecule has 1 aromatic carbocycles. The Balaban J connectivity index is 2.58. The van der Waals surface area contributed by atoms with Crippen LogP contribution in [0.15, 0.2) is 35.4 Å². The Kier molecular flexibility index (Phi) is 2.70. The molecule has 6 heteroatoms. The van der Waals surface area contributed by atoms with Crippen LogP contribution in [0.1, 0.15) is 16.1 Å². The molecular formula is C11H10N4O2. The number of hydrogen-bond acceptors (Lipinski definition) is 4. The van der Waals surface area contributed by atoms with Crippen molar-refractivity contribution in [1.82, 2.24) is 14.8 Å². The predicted octanol–water partition coefficient (Wildman–Crippen LogP) is 0.0348. The van der Waals surface area contributed by atoms with E-state index < -0.39 is 11.5 Å². The zero-order valence-corrected chi connectivity index (χ0v) is 9.12. The van der Waals surface area contributed by atoms with E-state index in [9.17, 15) is 9.59 Å². The molecule has 0 saturated heterocycles. The lowest BCUT2D eigenvalue weighted by atomic mass is 10.2. The predicted molar refractivity (Wildman–Crippen MR) is 60.9 cm³/mol. The van der Waals surface area contributed by atoms with E-state index in [2.05, 4.69) is 10.1 Å². The first kappa shape index (κ1) is 11.0. The van der Waals surface area contributed by atoms with E-state index >= 15 is 0 Å². The van der Waals surface area contributed by atoms with E-state index in [1.54, 1.807) is 6.07 Å². The number of benzene rings is 1. The standard InChI is InChI=1S/C11H10N4O2/c1-7-3-2-4-8(5-7)15-6-13-11(17)9(14-15)10(12)16/h2-6H,1H3,(H2,12,16). The summed E-state index contributed by atoms with van der Waals surface area (Å²) in [6.07, 6.45) is 1.25. The summed E-state index contributed by atoms with van der Waals surface area (Å²) in [6, 6.07) is 7.41. The molecule has 2 N–H and O–H groups in total. The van der Waals surface area contributed by atoms with Gasteiger partial charge in [0.15, 0.2) is 0 Å². The number of nitrogens with zero attached hydrogens (tertiary/aromatic N) is 3. The highest BCUT2D eigenvalue weighted by atomic mass is 16.2. The van der Waals surface area contributed by atoms with Crippen LogP contribution >= 0.6 is 0 Å². The molecule has 1 heterocycles. The van der Waals surface area contributed by atoms with Gasteiger partial charge < -0.3 is 5.73 Å². The molecule has 0 bridgehead atoms. The van der Waals surface area contributed by atoms with Gasteiger partial charge in [-0.1, -0.05) is 12.1 Å². The Labute approximate surface area is 96.7 Å². The van der Waals surface area contributed by atoms with E-state index in [-0.39, 0.29) is 5.69 Å². The van der Waals surface area contributed by atoms with Crippen molar-refractivity contribution in [2.75, 3.05) is 0 Å². The van der Waals surface area contributed by atoms with Crippen molar-refractivity contribution in [3.8, 4) is 5.69 Å². The lowest BCUT2D eigenvalue weighted by molar-refractivity contribution is 0.0992.